The molecule has 2 aromatic rings. The molecular weight excluding hydrogens is 348 g/mol. The molecule has 2 heterocycles. The third-order valence-electron chi connectivity index (χ3n) is 3.17. The van der Waals surface area contributed by atoms with E-state index in [0.29, 0.717) is 11.3 Å². The fraction of sp³-hybridized carbons (Fsp3) is 0.375. The van der Waals surface area contributed by atoms with E-state index in [4.69, 9.17) is 14.0 Å². The van der Waals surface area contributed by atoms with Crippen LogP contribution in [0.1, 0.15) is 55.7 Å². The number of rotatable bonds is 6. The fourth-order valence-electron chi connectivity index (χ4n) is 2.08. The fourth-order valence-corrected chi connectivity index (χ4v) is 3.17. The maximum atomic E-state index is 12.3. The summed E-state index contributed by atoms with van der Waals surface area (Å²) in [5, 5.41) is 6.41. The highest BCUT2D eigenvalue weighted by Gasteiger charge is 2.28. The van der Waals surface area contributed by atoms with Crippen molar-refractivity contribution < 1.29 is 28.4 Å². The Balaban J connectivity index is 2.40. The van der Waals surface area contributed by atoms with Crippen molar-refractivity contribution in [3.05, 3.63) is 33.5 Å². The molecule has 0 atom stereocenters. The van der Waals surface area contributed by atoms with E-state index in [2.05, 4.69) is 10.5 Å². The zero-order valence-corrected chi connectivity index (χ0v) is 15.1. The molecule has 0 unspecified atom stereocenters. The second-order valence-corrected chi connectivity index (χ2v) is 6.00. The number of amides is 1. The molecule has 0 bridgehead atoms. The van der Waals surface area contributed by atoms with Crippen LogP contribution in [0.15, 0.2) is 10.6 Å². The number of carbonyl (C=O) groups is 3. The van der Waals surface area contributed by atoms with Crippen LogP contribution in [-0.4, -0.2) is 36.2 Å². The summed E-state index contributed by atoms with van der Waals surface area (Å²) in [5.41, 5.74) is 0.591. The summed E-state index contributed by atoms with van der Waals surface area (Å²) in [7, 11) is 0. The van der Waals surface area contributed by atoms with Gasteiger partial charge in [0.2, 0.25) is 0 Å². The summed E-state index contributed by atoms with van der Waals surface area (Å²) in [6, 6.07) is 1.46. The monoisotopic (exact) mass is 366 g/mol. The van der Waals surface area contributed by atoms with Crippen molar-refractivity contribution in [2.45, 2.75) is 27.7 Å². The Hall–Kier alpha value is -2.68. The highest BCUT2D eigenvalue weighted by Crippen LogP contribution is 2.34. The van der Waals surface area contributed by atoms with E-state index >= 15 is 0 Å². The lowest BCUT2D eigenvalue weighted by molar-refractivity contribution is 0.0527. The second-order valence-electron chi connectivity index (χ2n) is 4.98. The van der Waals surface area contributed by atoms with Gasteiger partial charge in [-0.25, -0.2) is 9.59 Å². The smallest absolute Gasteiger partial charge is 0.348 e. The molecule has 25 heavy (non-hydrogen) atoms. The molecular formula is C16H18N2O6S. The number of aryl methyl sites for hydroxylation is 1. The number of carbonyl (C=O) groups excluding carboxylic acids is 3. The first-order valence-corrected chi connectivity index (χ1v) is 8.42. The van der Waals surface area contributed by atoms with Gasteiger partial charge in [-0.05, 0) is 33.3 Å². The first-order valence-electron chi connectivity index (χ1n) is 7.61. The van der Waals surface area contributed by atoms with Crippen LogP contribution in [-0.2, 0) is 9.47 Å². The molecule has 1 amide bonds. The van der Waals surface area contributed by atoms with Crippen LogP contribution in [0.25, 0.3) is 0 Å². The van der Waals surface area contributed by atoms with Gasteiger partial charge in [-0.1, -0.05) is 5.16 Å². The molecule has 2 aromatic heterocycles. The minimum atomic E-state index is -0.626. The van der Waals surface area contributed by atoms with Gasteiger partial charge < -0.3 is 19.3 Å². The molecule has 0 aliphatic heterocycles. The van der Waals surface area contributed by atoms with E-state index in [-0.39, 0.29) is 34.3 Å². The molecule has 0 aromatic carbocycles. The van der Waals surface area contributed by atoms with E-state index in [1.807, 2.05) is 0 Å². The zero-order valence-electron chi connectivity index (χ0n) is 14.3. The SMILES string of the molecule is CCOC(=O)c1sc(NC(=O)c2cc(C)on2)c(C(=O)OCC)c1C. The Morgan fingerprint density at radius 2 is 1.80 bits per heavy atom. The predicted octanol–water partition coefficient (Wildman–Crippen LogP) is 2.96. The van der Waals surface area contributed by atoms with Gasteiger partial charge in [-0.3, -0.25) is 4.79 Å². The highest BCUT2D eigenvalue weighted by molar-refractivity contribution is 7.18. The number of anilines is 1. The van der Waals surface area contributed by atoms with Crippen molar-refractivity contribution in [1.82, 2.24) is 5.16 Å². The number of aromatic nitrogens is 1. The van der Waals surface area contributed by atoms with Crippen LogP contribution in [0.3, 0.4) is 0 Å². The number of esters is 2. The molecule has 0 fully saturated rings. The minimum absolute atomic E-state index is 0.0658. The van der Waals surface area contributed by atoms with Crippen LogP contribution in [0.4, 0.5) is 5.00 Å². The standard InChI is InChI=1S/C16H18N2O6S/c1-5-22-15(20)11-9(4)12(16(21)23-6-2)25-14(11)17-13(19)10-7-8(3)24-18-10/h7H,5-6H2,1-4H3,(H,17,19). The van der Waals surface area contributed by atoms with Gasteiger partial charge >= 0.3 is 11.9 Å². The van der Waals surface area contributed by atoms with E-state index < -0.39 is 17.8 Å². The van der Waals surface area contributed by atoms with Crippen LogP contribution in [0.5, 0.6) is 0 Å². The maximum absolute atomic E-state index is 12.3. The zero-order chi connectivity index (χ0) is 18.6. The van der Waals surface area contributed by atoms with Gasteiger partial charge in [0.25, 0.3) is 5.91 Å². The summed E-state index contributed by atoms with van der Waals surface area (Å²) < 4.78 is 14.9. The number of thiophene rings is 1. The molecule has 0 saturated heterocycles. The average molecular weight is 366 g/mol. The van der Waals surface area contributed by atoms with E-state index in [1.54, 1.807) is 27.7 Å². The van der Waals surface area contributed by atoms with Crippen LogP contribution in [0, 0.1) is 13.8 Å². The molecule has 2 rings (SSSR count). The molecule has 134 valence electrons. The quantitative estimate of drug-likeness (QED) is 0.783. The second kappa shape index (κ2) is 7.93. The lowest BCUT2D eigenvalue weighted by atomic mass is 10.1. The lowest BCUT2D eigenvalue weighted by Gasteiger charge is -2.05. The van der Waals surface area contributed by atoms with Crippen molar-refractivity contribution in [1.29, 1.82) is 0 Å². The van der Waals surface area contributed by atoms with Gasteiger partial charge in [0, 0.05) is 6.07 Å². The largest absolute Gasteiger partial charge is 0.462 e. The van der Waals surface area contributed by atoms with Crippen molar-refractivity contribution in [2.24, 2.45) is 0 Å². The maximum Gasteiger partial charge on any atom is 0.348 e. The Bertz CT molecular complexity index is 808. The van der Waals surface area contributed by atoms with E-state index in [9.17, 15) is 14.4 Å². The third kappa shape index (κ3) is 4.05. The normalized spacial score (nSPS) is 10.4. The summed E-state index contributed by atoms with van der Waals surface area (Å²) in [4.78, 5) is 36.8. The predicted molar refractivity (Wildman–Crippen MR) is 90.2 cm³/mol. The minimum Gasteiger partial charge on any atom is -0.462 e. The van der Waals surface area contributed by atoms with Crippen LogP contribution in [0.2, 0.25) is 0 Å². The number of nitrogens with one attached hydrogen (secondary N) is 1. The molecule has 8 nitrogen and oxygen atoms in total. The summed E-state index contributed by atoms with van der Waals surface area (Å²) >= 11 is 0.952. The van der Waals surface area contributed by atoms with Crippen molar-refractivity contribution in [3.8, 4) is 0 Å². The Morgan fingerprint density at radius 1 is 1.16 bits per heavy atom. The Labute approximate surface area is 148 Å². The van der Waals surface area contributed by atoms with E-state index in [1.165, 1.54) is 6.07 Å². The van der Waals surface area contributed by atoms with Gasteiger partial charge in [0.15, 0.2) is 5.69 Å². The number of ether oxygens (including phenoxy) is 2. The van der Waals surface area contributed by atoms with Gasteiger partial charge in [-0.2, -0.15) is 0 Å². The van der Waals surface area contributed by atoms with Crippen LogP contribution >= 0.6 is 11.3 Å². The molecule has 0 radical (unpaired) electrons. The summed E-state index contributed by atoms with van der Waals surface area (Å²) in [6.45, 7) is 6.97. The van der Waals surface area contributed by atoms with Gasteiger partial charge in [-0.15, -0.1) is 11.3 Å². The molecule has 0 aliphatic carbocycles. The Kier molecular flexibility index (Phi) is 5.92. The van der Waals surface area contributed by atoms with Crippen molar-refractivity contribution in [2.75, 3.05) is 18.5 Å². The molecule has 0 spiro atoms. The van der Waals surface area contributed by atoms with Crippen LogP contribution < -0.4 is 5.32 Å². The summed E-state index contributed by atoms with van der Waals surface area (Å²) in [5.74, 6) is -1.27. The number of hydrogen-bond donors (Lipinski definition) is 1. The molecule has 1 N–H and O–H groups in total. The van der Waals surface area contributed by atoms with Gasteiger partial charge in [0.05, 0.1) is 18.8 Å². The Morgan fingerprint density at radius 3 is 2.36 bits per heavy atom. The van der Waals surface area contributed by atoms with E-state index in [0.717, 1.165) is 11.3 Å². The molecule has 0 saturated carbocycles. The topological polar surface area (TPSA) is 108 Å². The first kappa shape index (κ1) is 18.7. The first-order chi connectivity index (χ1) is 11.9. The van der Waals surface area contributed by atoms with Gasteiger partial charge in [0.1, 0.15) is 15.6 Å². The third-order valence-corrected chi connectivity index (χ3v) is 4.36. The van der Waals surface area contributed by atoms with Crippen molar-refractivity contribution in [3.63, 3.8) is 0 Å². The van der Waals surface area contributed by atoms with Crippen molar-refractivity contribution >= 4 is 34.2 Å². The number of hydrogen-bond acceptors (Lipinski definition) is 8. The lowest BCUT2D eigenvalue weighted by Crippen LogP contribution is -2.15. The molecule has 9 heteroatoms. The number of nitrogens with zero attached hydrogens (tertiary/aromatic N) is 1. The highest BCUT2D eigenvalue weighted by atomic mass is 32.1. The average Bonchev–Trinajstić information content (AvgIpc) is 3.12. The molecule has 0 aliphatic rings. The summed E-state index contributed by atoms with van der Waals surface area (Å²) in [6.07, 6.45) is 0.